The zero-order valence-corrected chi connectivity index (χ0v) is 9.54. The van der Waals surface area contributed by atoms with E-state index in [1.54, 1.807) is 13.8 Å². The molecule has 0 bridgehead atoms. The van der Waals surface area contributed by atoms with Gasteiger partial charge in [-0.2, -0.15) is 0 Å². The van der Waals surface area contributed by atoms with Gasteiger partial charge in [-0.05, 0) is 13.8 Å². The highest BCUT2D eigenvalue weighted by Crippen LogP contribution is 2.47. The van der Waals surface area contributed by atoms with Crippen molar-refractivity contribution in [3.05, 3.63) is 0 Å². The van der Waals surface area contributed by atoms with Crippen LogP contribution >= 0.6 is 11.6 Å². The van der Waals surface area contributed by atoms with Crippen LogP contribution in [-0.2, 0) is 23.7 Å². The summed E-state index contributed by atoms with van der Waals surface area (Å²) in [7, 11) is 1.27. The number of hydrogen-bond acceptors (Lipinski definition) is 5. The molecule has 0 radical (unpaired) electrons. The van der Waals surface area contributed by atoms with E-state index in [1.807, 2.05) is 0 Å². The van der Waals surface area contributed by atoms with E-state index in [0.717, 1.165) is 0 Å². The lowest BCUT2D eigenvalue weighted by Crippen LogP contribution is -2.31. The summed E-state index contributed by atoms with van der Waals surface area (Å²) in [6.45, 7) is 3.95. The molecule has 3 atom stereocenters. The minimum atomic E-state index is -1.39. The Balaban J connectivity index is 1.97. The number of alkyl halides is 1. The monoisotopic (exact) mass is 236 g/mol. The van der Waals surface area contributed by atoms with E-state index in [1.165, 1.54) is 7.11 Å². The molecule has 2 heterocycles. The van der Waals surface area contributed by atoms with Gasteiger partial charge in [-0.3, -0.25) is 0 Å². The number of carbonyl (C=O) groups is 1. The number of ether oxygens (including phenoxy) is 4. The van der Waals surface area contributed by atoms with Gasteiger partial charge in [0.25, 0.3) is 5.06 Å². The molecular weight excluding hydrogens is 224 g/mol. The topological polar surface area (TPSA) is 57.3 Å². The van der Waals surface area contributed by atoms with Crippen LogP contribution in [0.4, 0.5) is 0 Å². The summed E-state index contributed by atoms with van der Waals surface area (Å²) in [4.78, 5) is 11.2. The fourth-order valence-electron chi connectivity index (χ4n) is 1.63. The fraction of sp³-hybridized carbons (Fsp3) is 0.889. The minimum absolute atomic E-state index is 0.323. The molecule has 2 rings (SSSR count). The van der Waals surface area contributed by atoms with Crippen molar-refractivity contribution in [2.75, 3.05) is 13.7 Å². The highest BCUT2D eigenvalue weighted by Gasteiger charge is 2.68. The molecule has 2 aliphatic heterocycles. The largest absolute Gasteiger partial charge is 0.466 e. The number of esters is 1. The van der Waals surface area contributed by atoms with Crippen LogP contribution in [-0.4, -0.2) is 42.7 Å². The molecule has 2 saturated heterocycles. The van der Waals surface area contributed by atoms with Crippen molar-refractivity contribution in [1.29, 1.82) is 0 Å². The third kappa shape index (κ3) is 1.85. The van der Waals surface area contributed by atoms with Gasteiger partial charge >= 0.3 is 5.97 Å². The molecule has 0 aromatic rings. The summed E-state index contributed by atoms with van der Waals surface area (Å²) < 4.78 is 20.5. The second-order valence-corrected chi connectivity index (χ2v) is 4.60. The van der Waals surface area contributed by atoms with Crippen molar-refractivity contribution in [3.8, 4) is 0 Å². The van der Waals surface area contributed by atoms with Crippen LogP contribution in [0.1, 0.15) is 13.8 Å². The van der Waals surface area contributed by atoms with Gasteiger partial charge < -0.3 is 18.9 Å². The zero-order chi connectivity index (χ0) is 11.3. The lowest BCUT2D eigenvalue weighted by atomic mass is 10.2. The first-order valence-corrected chi connectivity index (χ1v) is 5.04. The van der Waals surface area contributed by atoms with Gasteiger partial charge in [0.05, 0.1) is 13.7 Å². The number of rotatable bonds is 2. The van der Waals surface area contributed by atoms with Crippen LogP contribution in [0.15, 0.2) is 0 Å². The highest BCUT2D eigenvalue weighted by atomic mass is 35.5. The number of hydrogen-bond donors (Lipinski definition) is 0. The molecule has 3 unspecified atom stereocenters. The minimum Gasteiger partial charge on any atom is -0.466 e. The lowest BCUT2D eigenvalue weighted by molar-refractivity contribution is -0.144. The fourth-order valence-corrected chi connectivity index (χ4v) is 1.95. The van der Waals surface area contributed by atoms with Crippen LogP contribution in [0.3, 0.4) is 0 Å². The van der Waals surface area contributed by atoms with Crippen LogP contribution in [0.25, 0.3) is 0 Å². The third-order valence-electron chi connectivity index (χ3n) is 2.44. The Morgan fingerprint density at radius 1 is 1.47 bits per heavy atom. The first-order chi connectivity index (χ1) is 6.89. The molecule has 0 saturated carbocycles. The van der Waals surface area contributed by atoms with Gasteiger partial charge in [0.2, 0.25) is 0 Å². The van der Waals surface area contributed by atoms with Gasteiger partial charge in [-0.1, -0.05) is 11.6 Å². The van der Waals surface area contributed by atoms with E-state index in [0.29, 0.717) is 6.61 Å². The van der Waals surface area contributed by atoms with Gasteiger partial charge in [0.15, 0.2) is 5.79 Å². The van der Waals surface area contributed by atoms with E-state index in [-0.39, 0.29) is 6.10 Å². The number of halogens is 1. The third-order valence-corrected chi connectivity index (χ3v) is 2.90. The summed E-state index contributed by atoms with van der Waals surface area (Å²) in [5, 5.41) is -1.39. The molecule has 5 nitrogen and oxygen atoms in total. The Kier molecular flexibility index (Phi) is 2.46. The molecule has 2 fully saturated rings. The zero-order valence-electron chi connectivity index (χ0n) is 8.78. The average Bonchev–Trinajstić information content (AvgIpc) is 2.73. The predicted octanol–water partition coefficient (Wildman–Crippen LogP) is 0.645. The summed E-state index contributed by atoms with van der Waals surface area (Å²) in [6, 6.07) is 0. The van der Waals surface area contributed by atoms with Crippen molar-refractivity contribution in [3.63, 3.8) is 0 Å². The summed E-state index contributed by atoms with van der Waals surface area (Å²) >= 11 is 5.90. The number of carbonyl (C=O) groups excluding carboxylic acids is 1. The van der Waals surface area contributed by atoms with Gasteiger partial charge in [0, 0.05) is 0 Å². The molecule has 15 heavy (non-hydrogen) atoms. The summed E-state index contributed by atoms with van der Waals surface area (Å²) in [6.07, 6.45) is -0.815. The predicted molar refractivity (Wildman–Crippen MR) is 50.4 cm³/mol. The average molecular weight is 237 g/mol. The molecule has 0 aliphatic carbocycles. The second-order valence-electron chi connectivity index (χ2n) is 4.04. The van der Waals surface area contributed by atoms with Crippen LogP contribution in [0, 0.1) is 0 Å². The molecule has 86 valence electrons. The van der Waals surface area contributed by atoms with E-state index in [2.05, 4.69) is 4.74 Å². The smallest absolute Gasteiger partial charge is 0.357 e. The Morgan fingerprint density at radius 2 is 2.13 bits per heavy atom. The maximum atomic E-state index is 11.2. The molecule has 0 spiro atoms. The van der Waals surface area contributed by atoms with E-state index in [9.17, 15) is 4.79 Å². The van der Waals surface area contributed by atoms with Gasteiger partial charge in [-0.25, -0.2) is 4.79 Å². The van der Waals surface area contributed by atoms with E-state index >= 15 is 0 Å². The SMILES string of the molecule is COC(=O)C1(Cl)OC1C1COC(C)(C)O1. The van der Waals surface area contributed by atoms with Crippen LogP contribution < -0.4 is 0 Å². The Morgan fingerprint density at radius 3 is 2.60 bits per heavy atom. The van der Waals surface area contributed by atoms with Crippen molar-refractivity contribution in [2.24, 2.45) is 0 Å². The number of methoxy groups -OCH3 is 1. The highest BCUT2D eigenvalue weighted by molar-refractivity contribution is 6.35. The lowest BCUT2D eigenvalue weighted by Gasteiger charge is -2.16. The van der Waals surface area contributed by atoms with E-state index in [4.69, 9.17) is 25.8 Å². The maximum absolute atomic E-state index is 11.2. The quantitative estimate of drug-likeness (QED) is 0.400. The molecule has 0 aromatic carbocycles. The maximum Gasteiger partial charge on any atom is 0.357 e. The summed E-state index contributed by atoms with van der Waals surface area (Å²) in [5.41, 5.74) is 0. The van der Waals surface area contributed by atoms with Crippen LogP contribution in [0.5, 0.6) is 0 Å². The molecular formula is C9H13ClO5. The second kappa shape index (κ2) is 3.31. The molecule has 2 aliphatic rings. The van der Waals surface area contributed by atoms with Crippen molar-refractivity contribution >= 4 is 17.6 Å². The molecule has 0 N–H and O–H groups in total. The van der Waals surface area contributed by atoms with Gasteiger partial charge in [-0.15, -0.1) is 0 Å². The van der Waals surface area contributed by atoms with Gasteiger partial charge in [0.1, 0.15) is 12.2 Å². The van der Waals surface area contributed by atoms with Crippen molar-refractivity contribution in [2.45, 2.75) is 36.9 Å². The van der Waals surface area contributed by atoms with Crippen molar-refractivity contribution < 1.29 is 23.7 Å². The molecule has 6 heteroatoms. The van der Waals surface area contributed by atoms with E-state index < -0.39 is 22.9 Å². The van der Waals surface area contributed by atoms with Crippen LogP contribution in [0.2, 0.25) is 0 Å². The normalized spacial score (nSPS) is 42.7. The molecule has 0 amide bonds. The first kappa shape index (κ1) is 11.1. The Hall–Kier alpha value is -0.360. The van der Waals surface area contributed by atoms with Crippen molar-refractivity contribution in [1.82, 2.24) is 0 Å². The number of epoxide rings is 1. The standard InChI is InChI=1S/C9H13ClO5/c1-8(2)13-4-5(14-8)6-9(10,15-6)7(11)12-3/h5-6H,4H2,1-3H3. The Labute approximate surface area is 92.6 Å². The molecule has 0 aromatic heterocycles. The Bertz CT molecular complexity index is 292. The first-order valence-electron chi connectivity index (χ1n) is 4.66. The summed E-state index contributed by atoms with van der Waals surface area (Å²) in [5.74, 6) is -1.24.